The van der Waals surface area contributed by atoms with Crippen LogP contribution in [0.4, 0.5) is 5.69 Å². The van der Waals surface area contributed by atoms with Crippen molar-refractivity contribution in [2.75, 3.05) is 19.2 Å². The van der Waals surface area contributed by atoms with E-state index in [-0.39, 0.29) is 31.7 Å². The monoisotopic (exact) mass is 591 g/mol. The standard InChI is InChI=1S/C34H33N5O5/c1-22(2)24-10-12-25(13-11-24)33(34(41)35-26-14-17-30-31(18-26)44-21-43-30)38(19-23-8-15-27(42-3)16-9-23)32(40)20-39-29-7-5-4-6-28(29)36-37-39/h4-18,22,33H,19-21H2,1-3H3,(H,35,41)/t33-/m1/s1. The molecule has 0 fully saturated rings. The van der Waals surface area contributed by atoms with Crippen molar-refractivity contribution < 1.29 is 23.8 Å². The van der Waals surface area contributed by atoms with Crippen molar-refractivity contribution in [3.05, 3.63) is 108 Å². The lowest BCUT2D eigenvalue weighted by molar-refractivity contribution is -0.140. The van der Waals surface area contributed by atoms with E-state index >= 15 is 0 Å². The van der Waals surface area contributed by atoms with Crippen LogP contribution in [0.1, 0.15) is 42.5 Å². The Balaban J connectivity index is 1.39. The van der Waals surface area contributed by atoms with E-state index in [0.29, 0.717) is 39.9 Å². The molecule has 2 amide bonds. The van der Waals surface area contributed by atoms with Gasteiger partial charge in [-0.15, -0.1) is 5.10 Å². The number of hydrogen-bond donors (Lipinski definition) is 1. The van der Waals surface area contributed by atoms with Gasteiger partial charge in [0.15, 0.2) is 11.5 Å². The van der Waals surface area contributed by atoms with Gasteiger partial charge in [0.1, 0.15) is 23.9 Å². The lowest BCUT2D eigenvalue weighted by Gasteiger charge is -2.32. The Morgan fingerprint density at radius 3 is 2.41 bits per heavy atom. The molecule has 44 heavy (non-hydrogen) atoms. The number of para-hydroxylation sites is 1. The van der Waals surface area contributed by atoms with Gasteiger partial charge in [-0.2, -0.15) is 0 Å². The molecule has 6 rings (SSSR count). The number of methoxy groups -OCH3 is 1. The molecule has 0 radical (unpaired) electrons. The van der Waals surface area contributed by atoms with Gasteiger partial charge in [0, 0.05) is 18.3 Å². The van der Waals surface area contributed by atoms with E-state index in [1.54, 1.807) is 34.9 Å². The van der Waals surface area contributed by atoms with Crippen molar-refractivity contribution in [1.82, 2.24) is 19.9 Å². The molecule has 1 atom stereocenters. The highest BCUT2D eigenvalue weighted by molar-refractivity contribution is 5.98. The maximum absolute atomic E-state index is 14.3. The molecule has 10 heteroatoms. The third-order valence-corrected chi connectivity index (χ3v) is 7.66. The number of benzene rings is 4. The maximum atomic E-state index is 14.3. The Hall–Kier alpha value is -5.38. The van der Waals surface area contributed by atoms with Crippen LogP contribution in [-0.4, -0.2) is 45.6 Å². The van der Waals surface area contributed by atoms with Crippen LogP contribution in [0.2, 0.25) is 0 Å². The van der Waals surface area contributed by atoms with Crippen LogP contribution in [0.5, 0.6) is 17.2 Å². The minimum Gasteiger partial charge on any atom is -0.497 e. The molecule has 1 aromatic heterocycles. The Bertz CT molecular complexity index is 1780. The number of nitrogens with one attached hydrogen (secondary N) is 1. The van der Waals surface area contributed by atoms with E-state index in [2.05, 4.69) is 29.5 Å². The lowest BCUT2D eigenvalue weighted by atomic mass is 9.97. The SMILES string of the molecule is COc1ccc(CN(C(=O)Cn2nnc3ccccc32)[C@@H](C(=O)Nc2ccc3c(c2)OCO3)c2ccc(C(C)C)cc2)cc1. The predicted octanol–water partition coefficient (Wildman–Crippen LogP) is 5.70. The number of anilines is 1. The summed E-state index contributed by atoms with van der Waals surface area (Å²) in [5, 5.41) is 11.5. The molecule has 0 saturated carbocycles. The van der Waals surface area contributed by atoms with Gasteiger partial charge in [-0.25, -0.2) is 4.68 Å². The van der Waals surface area contributed by atoms with Crippen molar-refractivity contribution in [1.29, 1.82) is 0 Å². The van der Waals surface area contributed by atoms with Crippen molar-refractivity contribution in [2.24, 2.45) is 0 Å². The third kappa shape index (κ3) is 6.05. The van der Waals surface area contributed by atoms with Crippen LogP contribution in [0.25, 0.3) is 11.0 Å². The summed E-state index contributed by atoms with van der Waals surface area (Å²) in [7, 11) is 1.60. The zero-order chi connectivity index (χ0) is 30.6. The lowest BCUT2D eigenvalue weighted by Crippen LogP contribution is -2.42. The van der Waals surface area contributed by atoms with Crippen LogP contribution in [-0.2, 0) is 22.7 Å². The van der Waals surface area contributed by atoms with Crippen LogP contribution in [0.15, 0.2) is 91.0 Å². The minimum atomic E-state index is -0.967. The van der Waals surface area contributed by atoms with Crippen LogP contribution >= 0.6 is 0 Å². The van der Waals surface area contributed by atoms with E-state index in [9.17, 15) is 9.59 Å². The first kappa shape index (κ1) is 28.7. The smallest absolute Gasteiger partial charge is 0.251 e. The first-order chi connectivity index (χ1) is 21.4. The molecule has 2 heterocycles. The molecule has 0 bridgehead atoms. The topological polar surface area (TPSA) is 108 Å². The summed E-state index contributed by atoms with van der Waals surface area (Å²) in [5.74, 6) is 1.50. The maximum Gasteiger partial charge on any atom is 0.251 e. The molecule has 0 aliphatic carbocycles. The number of rotatable bonds is 10. The van der Waals surface area contributed by atoms with Crippen LogP contribution in [0, 0.1) is 0 Å². The summed E-state index contributed by atoms with van der Waals surface area (Å²) in [6, 6.07) is 27.0. The van der Waals surface area contributed by atoms with Gasteiger partial charge in [0.2, 0.25) is 12.7 Å². The van der Waals surface area contributed by atoms with Crippen molar-refractivity contribution in [3.63, 3.8) is 0 Å². The zero-order valence-electron chi connectivity index (χ0n) is 24.8. The van der Waals surface area contributed by atoms with E-state index in [4.69, 9.17) is 14.2 Å². The van der Waals surface area contributed by atoms with Crippen LogP contribution < -0.4 is 19.5 Å². The normalized spacial score (nSPS) is 12.7. The summed E-state index contributed by atoms with van der Waals surface area (Å²) in [6.07, 6.45) is 0. The molecular formula is C34H33N5O5. The fraction of sp³-hybridized carbons (Fsp3) is 0.235. The fourth-order valence-electron chi connectivity index (χ4n) is 5.23. The number of hydrogen-bond acceptors (Lipinski definition) is 7. The van der Waals surface area contributed by atoms with Gasteiger partial charge in [0.05, 0.1) is 12.6 Å². The summed E-state index contributed by atoms with van der Waals surface area (Å²) < 4.78 is 17.8. The van der Waals surface area contributed by atoms with Gasteiger partial charge in [-0.3, -0.25) is 9.59 Å². The average Bonchev–Trinajstić information content (AvgIpc) is 3.68. The minimum absolute atomic E-state index is 0.103. The summed E-state index contributed by atoms with van der Waals surface area (Å²) in [6.45, 7) is 4.41. The highest BCUT2D eigenvalue weighted by atomic mass is 16.7. The molecular weight excluding hydrogens is 558 g/mol. The van der Waals surface area contributed by atoms with Gasteiger partial charge < -0.3 is 24.4 Å². The highest BCUT2D eigenvalue weighted by Crippen LogP contribution is 2.35. The van der Waals surface area contributed by atoms with Crippen molar-refractivity contribution >= 4 is 28.5 Å². The number of fused-ring (bicyclic) bond motifs is 2. The van der Waals surface area contributed by atoms with Gasteiger partial charge in [0.25, 0.3) is 5.91 Å². The number of carbonyl (C=O) groups excluding carboxylic acids is 2. The second kappa shape index (κ2) is 12.5. The first-order valence-electron chi connectivity index (χ1n) is 14.4. The highest BCUT2D eigenvalue weighted by Gasteiger charge is 2.33. The molecule has 224 valence electrons. The summed E-state index contributed by atoms with van der Waals surface area (Å²) in [4.78, 5) is 30.1. The van der Waals surface area contributed by atoms with Gasteiger partial charge in [-0.1, -0.05) is 67.6 Å². The molecule has 1 aliphatic heterocycles. The number of carbonyl (C=O) groups is 2. The molecule has 0 spiro atoms. The Labute approximate surface area is 255 Å². The molecule has 4 aromatic carbocycles. The Kier molecular flexibility index (Phi) is 8.14. The van der Waals surface area contributed by atoms with Crippen molar-refractivity contribution in [3.8, 4) is 17.2 Å². The van der Waals surface area contributed by atoms with Gasteiger partial charge in [-0.05, 0) is 59.0 Å². The average molecular weight is 592 g/mol. The number of amides is 2. The zero-order valence-corrected chi connectivity index (χ0v) is 24.8. The van der Waals surface area contributed by atoms with E-state index in [1.165, 1.54) is 0 Å². The number of aromatic nitrogens is 3. The molecule has 10 nitrogen and oxygen atoms in total. The Morgan fingerprint density at radius 1 is 0.932 bits per heavy atom. The summed E-state index contributed by atoms with van der Waals surface area (Å²) >= 11 is 0. The van der Waals surface area contributed by atoms with E-state index in [1.807, 2.05) is 72.8 Å². The largest absolute Gasteiger partial charge is 0.497 e. The fourth-order valence-corrected chi connectivity index (χ4v) is 5.23. The second-order valence-electron chi connectivity index (χ2n) is 10.9. The van der Waals surface area contributed by atoms with Gasteiger partial charge >= 0.3 is 0 Å². The quantitative estimate of drug-likeness (QED) is 0.222. The second-order valence-corrected chi connectivity index (χ2v) is 10.9. The van der Waals surface area contributed by atoms with Crippen LogP contribution in [0.3, 0.4) is 0 Å². The van der Waals surface area contributed by atoms with Crippen molar-refractivity contribution in [2.45, 2.75) is 38.9 Å². The molecule has 0 unspecified atom stereocenters. The summed E-state index contributed by atoms with van der Waals surface area (Å²) in [5.41, 5.74) is 4.59. The first-order valence-corrected chi connectivity index (χ1v) is 14.4. The van der Waals surface area contributed by atoms with E-state index in [0.717, 1.165) is 16.6 Å². The third-order valence-electron chi connectivity index (χ3n) is 7.66. The molecule has 1 N–H and O–H groups in total. The van der Waals surface area contributed by atoms with E-state index < -0.39 is 6.04 Å². The number of ether oxygens (including phenoxy) is 3. The number of nitrogens with zero attached hydrogens (tertiary/aromatic N) is 4. The molecule has 0 saturated heterocycles. The Morgan fingerprint density at radius 2 is 1.66 bits per heavy atom. The predicted molar refractivity (Wildman–Crippen MR) is 166 cm³/mol. The molecule has 1 aliphatic rings. The molecule has 5 aromatic rings.